The van der Waals surface area contributed by atoms with Crippen molar-refractivity contribution in [1.29, 1.82) is 0 Å². The molecular formula is C106H180Br2ClN10O11PPdSi3. The number of hydrogen-bond acceptors (Lipinski definition) is 12. The maximum Gasteiger partial charge on any atom is 0.410 e. The van der Waals surface area contributed by atoms with Crippen molar-refractivity contribution in [3.63, 3.8) is 0 Å². The van der Waals surface area contributed by atoms with Crippen LogP contribution in [0.1, 0.15) is 276 Å². The molecule has 135 heavy (non-hydrogen) atoms. The number of H-pyrrole nitrogens is 2. The Labute approximate surface area is 855 Å². The van der Waals surface area contributed by atoms with Gasteiger partial charge in [-0.2, -0.15) is 11.1 Å². The molecule has 0 atom stereocenters. The van der Waals surface area contributed by atoms with E-state index in [1.807, 2.05) is 85.7 Å². The Hall–Kier alpha value is -5.70. The summed E-state index contributed by atoms with van der Waals surface area (Å²) in [7, 11) is -4.94. The molecular weight excluding hydrogens is 2010 g/mol. The van der Waals surface area contributed by atoms with Crippen LogP contribution in [-0.4, -0.2) is 221 Å². The Morgan fingerprint density at radius 3 is 0.956 bits per heavy atom. The molecule has 3 amide bonds. The number of rotatable bonds is 13. The smallest absolute Gasteiger partial charge is 0.410 e. The van der Waals surface area contributed by atoms with E-state index < -0.39 is 47.0 Å². The number of hydrogen-bond donors (Lipinski definition) is 5. The number of amides is 3. The summed E-state index contributed by atoms with van der Waals surface area (Å²) in [5.74, 6) is -1.67. The Kier molecular flexibility index (Phi) is 51.7. The molecule has 0 saturated carbocycles. The van der Waals surface area contributed by atoms with Gasteiger partial charge in [0.15, 0.2) is 23.9 Å². The summed E-state index contributed by atoms with van der Waals surface area (Å²) >= 11 is 13.7. The van der Waals surface area contributed by atoms with Crippen molar-refractivity contribution in [1.82, 2.24) is 38.4 Å². The minimum absolute atomic E-state index is 0. The first-order chi connectivity index (χ1) is 61.6. The first-order valence-electron chi connectivity index (χ1n) is 48.9. The molecule has 4 aromatic carbocycles. The first kappa shape index (κ1) is 125. The van der Waals surface area contributed by atoms with Crippen LogP contribution in [0.25, 0.3) is 43.6 Å². The molecule has 4 fully saturated rings. The van der Waals surface area contributed by atoms with Crippen molar-refractivity contribution < 1.29 is 73.6 Å². The number of carboxylic acid groups (broad SMARTS) is 2. The van der Waals surface area contributed by atoms with E-state index in [0.717, 1.165) is 106 Å². The van der Waals surface area contributed by atoms with Crippen LogP contribution >= 0.6 is 50.9 Å². The fourth-order valence-electron chi connectivity index (χ4n) is 20.7. The predicted octanol–water partition coefficient (Wildman–Crippen LogP) is 30.4. The van der Waals surface area contributed by atoms with Crippen LogP contribution in [0, 0.1) is 0 Å². The molecule has 21 nitrogen and oxygen atoms in total. The molecule has 29 heteroatoms. The number of benzene rings is 4. The molecule has 4 aromatic heterocycles. The summed E-state index contributed by atoms with van der Waals surface area (Å²) < 4.78 is 28.8. The number of carboxylic acids is 2. The van der Waals surface area contributed by atoms with E-state index in [-0.39, 0.29) is 52.2 Å². The fourth-order valence-corrected chi connectivity index (χ4v) is 44.6. The Morgan fingerprint density at radius 1 is 0.393 bits per heavy atom. The van der Waals surface area contributed by atoms with Gasteiger partial charge in [0.2, 0.25) is 0 Å². The number of piperazine rings is 3. The van der Waals surface area contributed by atoms with Crippen LogP contribution in [0.2, 0.25) is 49.9 Å². The van der Waals surface area contributed by atoms with Gasteiger partial charge in [-0.3, -0.25) is 9.59 Å². The van der Waals surface area contributed by atoms with Crippen LogP contribution in [0.4, 0.5) is 25.8 Å². The van der Waals surface area contributed by atoms with Gasteiger partial charge in [-0.1, -0.05) is 251 Å². The molecule has 0 spiro atoms. The van der Waals surface area contributed by atoms with Gasteiger partial charge in [0.05, 0.1) is 0 Å². The van der Waals surface area contributed by atoms with Gasteiger partial charge in [0.1, 0.15) is 16.8 Å². The van der Waals surface area contributed by atoms with Crippen LogP contribution in [-0.2, 0) is 49.0 Å². The molecule has 0 unspecified atom stereocenters. The molecule has 5 N–H and O–H groups in total. The second-order valence-electron chi connectivity index (χ2n) is 44.6. The number of nitrogens with one attached hydrogen (secondary N) is 3. The van der Waals surface area contributed by atoms with Crippen molar-refractivity contribution in [3.05, 3.63) is 131 Å². The van der Waals surface area contributed by atoms with Gasteiger partial charge in [0.25, 0.3) is 11.9 Å². The quantitative estimate of drug-likeness (QED) is 0.0313. The van der Waals surface area contributed by atoms with E-state index in [9.17, 15) is 14.4 Å². The maximum absolute atomic E-state index is 12.4. The maximum atomic E-state index is 12.4. The third kappa shape index (κ3) is 39.3. The number of fused-ring (bicyclic) bond motifs is 4. The number of halogens is 3. The summed E-state index contributed by atoms with van der Waals surface area (Å²) in [6.45, 7) is 94.5. The number of aromatic nitrogens is 4. The standard InChI is InChI=1S/C26H43N3O2Si.C17H26BrNSi.C17H23N3O2.C12H27P.C9H21ClSi.C9H18N2O2.C8H6BrN.C4H8O.2C2H4O2.Pd/c1-19(2)32(20(3)4,21(5)6)29-13-12-22-10-11-23(18-24(22)29)27-14-16-28(17-15-27)25(30)31-26(7,8)9;1-12(2)20(13(3)4,14(5)6)19-10-9-15-7-8-16(18)11-17(15)19;1-17(2,3)22-16(21)20-10-8-19(9-11-20)14-5-4-13-6-7-18-15(13)12-14;1-10(2,3)13(11(4,5)6)12(7,8)9;1-7(2)11(10,8(3)4)9(5)6;1-9(2,3)13-8(12)11-6-4-10-5-7-11;9-7-2-1-6-3-4-10-8(6)5-7;1-2-4-5-3-1;2*1-2(3)4;/h10-13,18-21H,14-17H2,1-9H3;7-14H,1-6H3;4-7,12,18H,8-11H2,1-3H3;1-9H3;7-9H,1-6H3;10H,4-7H2,1-3H3;1-5,10H;1-4H2;2*1H3,(H,3,4);. The Balaban J connectivity index is 0.000000536. The number of aromatic amines is 2. The van der Waals surface area contributed by atoms with Gasteiger partial charge in [0, 0.05) is 181 Å². The number of anilines is 2. The Morgan fingerprint density at radius 2 is 0.674 bits per heavy atom. The average molecular weight is 2190 g/mol. The van der Waals surface area contributed by atoms with E-state index in [0.29, 0.717) is 74.9 Å². The molecule has 4 aliphatic rings. The zero-order chi connectivity index (χ0) is 103. The number of nitrogens with zero attached hydrogens (tertiary/aromatic N) is 7. The van der Waals surface area contributed by atoms with Crippen molar-refractivity contribution >= 4 is 160 Å². The van der Waals surface area contributed by atoms with E-state index >= 15 is 0 Å². The van der Waals surface area contributed by atoms with Crippen LogP contribution in [0.5, 0.6) is 0 Å². The molecule has 4 saturated heterocycles. The van der Waals surface area contributed by atoms with Crippen LogP contribution in [0.3, 0.4) is 0 Å². The van der Waals surface area contributed by atoms with Gasteiger partial charge in [-0.15, -0.1) is 0 Å². The zero-order valence-electron chi connectivity index (χ0n) is 90.2. The molecule has 12 rings (SSSR count). The van der Waals surface area contributed by atoms with E-state index in [4.69, 9.17) is 49.8 Å². The van der Waals surface area contributed by atoms with Crippen LogP contribution < -0.4 is 15.1 Å². The number of ether oxygens (including phenoxy) is 4. The molecule has 0 bridgehead atoms. The van der Waals surface area contributed by atoms with Crippen molar-refractivity contribution in [3.8, 4) is 0 Å². The normalized spacial score (nSPS) is 14.8. The van der Waals surface area contributed by atoms with Crippen molar-refractivity contribution in [2.75, 3.05) is 102 Å². The van der Waals surface area contributed by atoms with Crippen molar-refractivity contribution in [2.45, 2.75) is 358 Å². The minimum Gasteiger partial charge on any atom is -0.481 e. The topological polar surface area (TPSA) is 232 Å². The third-order valence-electron chi connectivity index (χ3n) is 24.6. The largest absolute Gasteiger partial charge is 0.481 e. The summed E-state index contributed by atoms with van der Waals surface area (Å²) in [6.07, 6.45) is 10.5. The van der Waals surface area contributed by atoms with Crippen LogP contribution in [0.15, 0.2) is 131 Å². The van der Waals surface area contributed by atoms with Gasteiger partial charge < -0.3 is 77.4 Å². The van der Waals surface area contributed by atoms with Gasteiger partial charge >= 0.3 is 18.3 Å². The third-order valence-corrected chi connectivity index (χ3v) is 52.4. The first-order valence-corrected chi connectivity index (χ1v) is 59.4. The van der Waals surface area contributed by atoms with E-state index in [1.165, 1.54) is 66.8 Å². The van der Waals surface area contributed by atoms with Gasteiger partial charge in [-0.05, 0) is 247 Å². The number of carbonyl (C=O) groups is 5. The molecule has 0 radical (unpaired) electrons. The minimum atomic E-state index is -1.81. The summed E-state index contributed by atoms with van der Waals surface area (Å²) in [6, 6.07) is 34.8. The predicted molar refractivity (Wildman–Crippen MR) is 589 cm³/mol. The number of aliphatic carboxylic acids is 2. The SMILES string of the molecule is Brc1ccc2cc[nH]c2c1.C1CCOC1.CC(=O)O.CC(=O)O.CC(C)(C)OC(=O)N1CCN(c2ccc3cc[nH]c3c2)CC1.CC(C)(C)OC(=O)N1CCNCC1.CC(C)(C)P(C(C)(C)C)C(C)(C)C.CC(C)[Si](C(C)C)(C(C)C)n1ccc2ccc(Br)cc21.CC(C)[Si](C(C)C)(C(C)C)n1ccc2ccc(N3CCN(C(=O)OC(C)(C)C)CC3)cc21.CC(C)[Si](Cl)(C(C)C)C(C)C.[Pd]. The van der Waals surface area contributed by atoms with Crippen molar-refractivity contribution in [2.24, 2.45) is 0 Å². The fraction of sp³-hybridized carbons (Fsp3) is 0.651. The van der Waals surface area contributed by atoms with Gasteiger partial charge in [-0.25, -0.2) is 14.4 Å². The molecule has 4 aliphatic heterocycles. The summed E-state index contributed by atoms with van der Waals surface area (Å²) in [5, 5.41) is 24.5. The summed E-state index contributed by atoms with van der Waals surface area (Å²) in [5.41, 5.74) is 12.4. The van der Waals surface area contributed by atoms with E-state index in [1.54, 1.807) is 9.80 Å². The Bertz CT molecular complexity index is 4720. The van der Waals surface area contributed by atoms with E-state index in [2.05, 4.69) is 356 Å². The molecule has 0 aliphatic carbocycles. The second kappa shape index (κ2) is 55.6. The second-order valence-corrected chi connectivity index (χ2v) is 69.7. The molecule has 8 aromatic rings. The molecule has 8 heterocycles. The molecule has 768 valence electrons. The summed E-state index contributed by atoms with van der Waals surface area (Å²) in [4.78, 5) is 70.4. The average Bonchev–Trinajstić information content (AvgIpc) is 1.63. The number of carbonyl (C=O) groups excluding carboxylic acids is 3. The monoisotopic (exact) mass is 2180 g/mol. The zero-order valence-corrected chi connectivity index (χ0v) is 99.5.